The predicted octanol–water partition coefficient (Wildman–Crippen LogP) is 4.49. The van der Waals surface area contributed by atoms with Crippen molar-refractivity contribution in [3.05, 3.63) is 71.4 Å². The number of carbonyl (C=O) groups is 1. The second kappa shape index (κ2) is 7.11. The van der Waals surface area contributed by atoms with Gasteiger partial charge in [0.1, 0.15) is 5.75 Å². The van der Waals surface area contributed by atoms with Gasteiger partial charge in [0.2, 0.25) is 0 Å². The molecule has 25 heavy (non-hydrogen) atoms. The Morgan fingerprint density at radius 1 is 1.20 bits per heavy atom. The van der Waals surface area contributed by atoms with Gasteiger partial charge in [-0.1, -0.05) is 24.1 Å². The van der Waals surface area contributed by atoms with Crippen LogP contribution in [0.25, 0.3) is 17.0 Å². The van der Waals surface area contributed by atoms with E-state index in [2.05, 4.69) is 10.5 Å². The molecule has 0 atom stereocenters. The Morgan fingerprint density at radius 3 is 2.60 bits per heavy atom. The van der Waals surface area contributed by atoms with Crippen molar-refractivity contribution in [3.8, 4) is 18.1 Å². The first-order valence-electron chi connectivity index (χ1n) is 8.03. The summed E-state index contributed by atoms with van der Waals surface area (Å²) in [4.78, 5) is 12.4. The summed E-state index contributed by atoms with van der Waals surface area (Å²) in [6.45, 7) is 2.53. The summed E-state index contributed by atoms with van der Waals surface area (Å²) in [6, 6.07) is 15.2. The Labute approximate surface area is 147 Å². The number of ketones is 1. The van der Waals surface area contributed by atoms with Crippen molar-refractivity contribution >= 4 is 22.8 Å². The molecule has 0 saturated carbocycles. The van der Waals surface area contributed by atoms with E-state index >= 15 is 0 Å². The van der Waals surface area contributed by atoms with Crippen molar-refractivity contribution in [1.29, 1.82) is 0 Å². The van der Waals surface area contributed by atoms with Crippen LogP contribution in [0.15, 0.2) is 54.6 Å². The predicted molar refractivity (Wildman–Crippen MR) is 102 cm³/mol. The van der Waals surface area contributed by atoms with E-state index in [9.17, 15) is 4.79 Å². The van der Waals surface area contributed by atoms with Gasteiger partial charge in [0.05, 0.1) is 13.7 Å². The molecule has 0 aliphatic carbocycles. The number of fused-ring (bicyclic) bond motifs is 1. The van der Waals surface area contributed by atoms with Gasteiger partial charge >= 0.3 is 0 Å². The number of allylic oxidation sites excluding steroid dienone is 1. The summed E-state index contributed by atoms with van der Waals surface area (Å²) >= 11 is 0. The fourth-order valence-electron chi connectivity index (χ4n) is 2.97. The van der Waals surface area contributed by atoms with E-state index in [-0.39, 0.29) is 5.78 Å². The molecule has 0 aliphatic heterocycles. The maximum atomic E-state index is 12.4. The normalized spacial score (nSPS) is 10.9. The van der Waals surface area contributed by atoms with E-state index in [1.54, 1.807) is 37.5 Å². The van der Waals surface area contributed by atoms with E-state index in [0.717, 1.165) is 27.9 Å². The Kier molecular flexibility index (Phi) is 4.72. The smallest absolute Gasteiger partial charge is 0.185 e. The zero-order chi connectivity index (χ0) is 17.8. The lowest BCUT2D eigenvalue weighted by molar-refractivity contribution is 0.104. The van der Waals surface area contributed by atoms with Gasteiger partial charge in [0, 0.05) is 27.7 Å². The zero-order valence-corrected chi connectivity index (χ0v) is 14.3. The van der Waals surface area contributed by atoms with Gasteiger partial charge in [-0.05, 0) is 49.4 Å². The molecule has 0 spiro atoms. The summed E-state index contributed by atoms with van der Waals surface area (Å²) in [5.41, 5.74) is 3.78. The fourth-order valence-corrected chi connectivity index (χ4v) is 2.97. The van der Waals surface area contributed by atoms with Crippen LogP contribution in [0.1, 0.15) is 21.6 Å². The second-order valence-electron chi connectivity index (χ2n) is 5.73. The monoisotopic (exact) mass is 329 g/mol. The first-order chi connectivity index (χ1) is 12.2. The minimum absolute atomic E-state index is 0.0455. The summed E-state index contributed by atoms with van der Waals surface area (Å²) in [5.74, 6) is 3.38. The highest BCUT2D eigenvalue weighted by Crippen LogP contribution is 2.27. The van der Waals surface area contributed by atoms with Gasteiger partial charge < -0.3 is 9.30 Å². The van der Waals surface area contributed by atoms with E-state index < -0.39 is 0 Å². The Hall–Kier alpha value is -3.25. The lowest BCUT2D eigenvalue weighted by atomic mass is 10.1. The highest BCUT2D eigenvalue weighted by atomic mass is 16.5. The van der Waals surface area contributed by atoms with Crippen molar-refractivity contribution in [2.24, 2.45) is 0 Å². The average Bonchev–Trinajstić information content (AvgIpc) is 2.92. The lowest BCUT2D eigenvalue weighted by Gasteiger charge is -2.02. The van der Waals surface area contributed by atoms with E-state index in [4.69, 9.17) is 11.2 Å². The van der Waals surface area contributed by atoms with Gasteiger partial charge in [-0.3, -0.25) is 4.79 Å². The van der Waals surface area contributed by atoms with Crippen LogP contribution in [-0.2, 0) is 6.54 Å². The summed E-state index contributed by atoms with van der Waals surface area (Å²) in [7, 11) is 1.60. The number of para-hydroxylation sites is 1. The molecular weight excluding hydrogens is 310 g/mol. The number of aromatic nitrogens is 1. The number of rotatable bonds is 5. The highest BCUT2D eigenvalue weighted by molar-refractivity contribution is 6.08. The number of hydrogen-bond donors (Lipinski definition) is 0. The number of methoxy groups -OCH3 is 1. The molecule has 2 aromatic carbocycles. The summed E-state index contributed by atoms with van der Waals surface area (Å²) < 4.78 is 7.21. The van der Waals surface area contributed by atoms with Crippen LogP contribution < -0.4 is 4.74 Å². The molecule has 0 amide bonds. The molecule has 3 heteroatoms. The first kappa shape index (κ1) is 16.6. The minimum atomic E-state index is -0.0455. The Balaban J connectivity index is 1.96. The van der Waals surface area contributed by atoms with Gasteiger partial charge in [0.15, 0.2) is 5.78 Å². The zero-order valence-electron chi connectivity index (χ0n) is 14.3. The fraction of sp³-hybridized carbons (Fsp3) is 0.136. The number of hydrogen-bond acceptors (Lipinski definition) is 2. The van der Waals surface area contributed by atoms with Crippen molar-refractivity contribution in [2.75, 3.05) is 7.11 Å². The SMILES string of the molecule is C#CCn1c(C)c(/C=C/C(=O)c2ccc(OC)cc2)c2ccccc21. The number of nitrogens with zero attached hydrogens (tertiary/aromatic N) is 1. The first-order valence-corrected chi connectivity index (χ1v) is 8.03. The maximum absolute atomic E-state index is 12.4. The van der Waals surface area contributed by atoms with Crippen LogP contribution in [0.2, 0.25) is 0 Å². The third-order valence-electron chi connectivity index (χ3n) is 4.30. The maximum Gasteiger partial charge on any atom is 0.185 e. The van der Waals surface area contributed by atoms with Crippen molar-refractivity contribution in [1.82, 2.24) is 4.57 Å². The Morgan fingerprint density at radius 2 is 1.92 bits per heavy atom. The molecule has 3 nitrogen and oxygen atoms in total. The molecule has 0 aliphatic rings. The van der Waals surface area contributed by atoms with E-state index in [1.807, 2.05) is 37.3 Å². The third-order valence-corrected chi connectivity index (χ3v) is 4.30. The van der Waals surface area contributed by atoms with E-state index in [1.165, 1.54) is 0 Å². The third kappa shape index (κ3) is 3.20. The molecule has 3 aromatic rings. The molecule has 0 bridgehead atoms. The van der Waals surface area contributed by atoms with Crippen molar-refractivity contribution in [3.63, 3.8) is 0 Å². The van der Waals surface area contributed by atoms with Crippen LogP contribution in [0.3, 0.4) is 0 Å². The summed E-state index contributed by atoms with van der Waals surface area (Å²) in [5, 5.41) is 1.09. The molecule has 0 radical (unpaired) electrons. The standard InChI is InChI=1S/C22H19NO2/c1-4-15-23-16(2)19(20-7-5-6-8-21(20)23)13-14-22(24)17-9-11-18(25-3)12-10-17/h1,5-14H,15H2,2-3H3/b14-13+. The number of benzene rings is 2. The number of carbonyl (C=O) groups excluding carboxylic acids is 1. The lowest BCUT2D eigenvalue weighted by Crippen LogP contribution is -1.98. The molecule has 124 valence electrons. The topological polar surface area (TPSA) is 31.2 Å². The van der Waals surface area contributed by atoms with Crippen LogP contribution in [0.5, 0.6) is 5.75 Å². The number of ether oxygens (including phenoxy) is 1. The van der Waals surface area contributed by atoms with Gasteiger partial charge in [-0.15, -0.1) is 6.42 Å². The van der Waals surface area contributed by atoms with Crippen LogP contribution in [-0.4, -0.2) is 17.5 Å². The van der Waals surface area contributed by atoms with Gasteiger partial charge in [-0.25, -0.2) is 0 Å². The molecular formula is C22H19NO2. The number of terminal acetylenes is 1. The largest absolute Gasteiger partial charge is 0.497 e. The molecule has 0 saturated heterocycles. The van der Waals surface area contributed by atoms with E-state index in [0.29, 0.717) is 12.1 Å². The average molecular weight is 329 g/mol. The quantitative estimate of drug-likeness (QED) is 0.392. The van der Waals surface area contributed by atoms with Crippen molar-refractivity contribution < 1.29 is 9.53 Å². The molecule has 3 rings (SSSR count). The van der Waals surface area contributed by atoms with Crippen molar-refractivity contribution in [2.45, 2.75) is 13.5 Å². The van der Waals surface area contributed by atoms with Crippen LogP contribution >= 0.6 is 0 Å². The molecule has 0 unspecified atom stereocenters. The highest BCUT2D eigenvalue weighted by Gasteiger charge is 2.11. The van der Waals surface area contributed by atoms with Gasteiger partial charge in [-0.2, -0.15) is 0 Å². The molecule has 0 fully saturated rings. The molecule has 1 heterocycles. The van der Waals surface area contributed by atoms with Crippen LogP contribution in [0.4, 0.5) is 0 Å². The Bertz CT molecular complexity index is 985. The summed E-state index contributed by atoms with van der Waals surface area (Å²) in [6.07, 6.45) is 8.98. The molecule has 0 N–H and O–H groups in total. The minimum Gasteiger partial charge on any atom is -0.497 e. The van der Waals surface area contributed by atoms with Gasteiger partial charge in [0.25, 0.3) is 0 Å². The second-order valence-corrected chi connectivity index (χ2v) is 5.73. The van der Waals surface area contributed by atoms with Crippen LogP contribution in [0, 0.1) is 19.3 Å². The molecule has 1 aromatic heterocycles.